The molecule has 1 N–H and O–H groups in total. The van der Waals surface area contributed by atoms with Crippen LogP contribution in [-0.4, -0.2) is 18.0 Å². The van der Waals surface area contributed by atoms with Crippen LogP contribution >= 0.6 is 0 Å². The van der Waals surface area contributed by atoms with E-state index in [0.29, 0.717) is 6.61 Å². The summed E-state index contributed by atoms with van der Waals surface area (Å²) >= 11 is 0. The highest BCUT2D eigenvalue weighted by Crippen LogP contribution is 2.47. The van der Waals surface area contributed by atoms with E-state index >= 15 is 0 Å². The van der Waals surface area contributed by atoms with Crippen molar-refractivity contribution in [2.45, 2.75) is 32.5 Å². The second kappa shape index (κ2) is 3.42. The molecule has 15 heavy (non-hydrogen) atoms. The molecule has 1 atom stereocenters. The van der Waals surface area contributed by atoms with E-state index in [1.54, 1.807) is 12.1 Å². The Kier molecular flexibility index (Phi) is 2.35. The lowest BCUT2D eigenvalue weighted by atomic mass is 9.85. The molecule has 3 heteroatoms. The molecular weight excluding hydrogens is 192 g/mol. The minimum atomic E-state index is -0.314. The quantitative estimate of drug-likeness (QED) is 0.811. The van der Waals surface area contributed by atoms with Crippen LogP contribution in [0.15, 0.2) is 18.2 Å². The highest BCUT2D eigenvalue weighted by Gasteiger charge is 2.44. The van der Waals surface area contributed by atoms with E-state index in [1.165, 1.54) is 0 Å². The fourth-order valence-electron chi connectivity index (χ4n) is 2.04. The van der Waals surface area contributed by atoms with Gasteiger partial charge in [0.1, 0.15) is 11.5 Å². The number of ether oxygens (including phenoxy) is 2. The van der Waals surface area contributed by atoms with Gasteiger partial charge in [0.05, 0.1) is 5.41 Å². The van der Waals surface area contributed by atoms with Crippen LogP contribution in [0.5, 0.6) is 11.5 Å². The first-order valence-electron chi connectivity index (χ1n) is 5.18. The van der Waals surface area contributed by atoms with Crippen molar-refractivity contribution >= 4 is 0 Å². The average molecular weight is 208 g/mol. The van der Waals surface area contributed by atoms with E-state index in [9.17, 15) is 5.11 Å². The fraction of sp³-hybridized carbons (Fsp3) is 0.500. The van der Waals surface area contributed by atoms with E-state index in [-0.39, 0.29) is 17.5 Å². The molecule has 1 aliphatic heterocycles. The summed E-state index contributed by atoms with van der Waals surface area (Å²) in [5.74, 6) is 0.998. The highest BCUT2D eigenvalue weighted by atomic mass is 16.7. The topological polar surface area (TPSA) is 38.7 Å². The van der Waals surface area contributed by atoms with Gasteiger partial charge in [-0.2, -0.15) is 0 Å². The van der Waals surface area contributed by atoms with Crippen LogP contribution in [-0.2, 0) is 10.2 Å². The molecular formula is C12H16O3. The van der Waals surface area contributed by atoms with E-state index in [0.717, 1.165) is 11.3 Å². The first-order chi connectivity index (χ1) is 7.07. The van der Waals surface area contributed by atoms with Crippen LogP contribution in [0.25, 0.3) is 0 Å². The smallest absolute Gasteiger partial charge is 0.209 e. The molecule has 0 saturated carbocycles. The standard InChI is InChI=1S/C12H16O3/c1-4-14-11-12(2,3)10-8(13)6-5-7-9(10)15-11/h5-7,11,13H,4H2,1-3H3. The minimum absolute atomic E-state index is 0.278. The predicted molar refractivity (Wildman–Crippen MR) is 57.2 cm³/mol. The summed E-state index contributed by atoms with van der Waals surface area (Å²) in [4.78, 5) is 0. The summed E-state index contributed by atoms with van der Waals surface area (Å²) in [7, 11) is 0. The van der Waals surface area contributed by atoms with Crippen molar-refractivity contribution in [3.63, 3.8) is 0 Å². The second-order valence-electron chi connectivity index (χ2n) is 4.28. The van der Waals surface area contributed by atoms with Crippen LogP contribution in [0.2, 0.25) is 0 Å². The van der Waals surface area contributed by atoms with Gasteiger partial charge in [-0.05, 0) is 32.9 Å². The predicted octanol–water partition coefficient (Wildman–Crippen LogP) is 2.42. The Morgan fingerprint density at radius 1 is 1.47 bits per heavy atom. The lowest BCUT2D eigenvalue weighted by Crippen LogP contribution is -2.34. The molecule has 0 bridgehead atoms. The summed E-state index contributed by atoms with van der Waals surface area (Å²) in [5, 5.41) is 9.82. The summed E-state index contributed by atoms with van der Waals surface area (Å²) in [5.41, 5.74) is 0.528. The van der Waals surface area contributed by atoms with Crippen molar-refractivity contribution in [2.75, 3.05) is 6.61 Å². The molecule has 3 nitrogen and oxygen atoms in total. The number of aromatic hydroxyl groups is 1. The summed E-state index contributed by atoms with van der Waals surface area (Å²) < 4.78 is 11.2. The van der Waals surface area contributed by atoms with Crippen LogP contribution in [0.1, 0.15) is 26.3 Å². The minimum Gasteiger partial charge on any atom is -0.508 e. The Labute approximate surface area is 89.6 Å². The molecule has 1 aliphatic rings. The third-order valence-electron chi connectivity index (χ3n) is 2.79. The van der Waals surface area contributed by atoms with Gasteiger partial charge in [-0.25, -0.2) is 0 Å². The Morgan fingerprint density at radius 3 is 2.80 bits per heavy atom. The van der Waals surface area contributed by atoms with Gasteiger partial charge in [-0.1, -0.05) is 6.07 Å². The second-order valence-corrected chi connectivity index (χ2v) is 4.28. The van der Waals surface area contributed by atoms with Crippen molar-refractivity contribution in [3.8, 4) is 11.5 Å². The Hall–Kier alpha value is -1.22. The number of hydrogen-bond acceptors (Lipinski definition) is 3. The van der Waals surface area contributed by atoms with Gasteiger partial charge in [0.25, 0.3) is 0 Å². The maximum absolute atomic E-state index is 9.82. The molecule has 1 heterocycles. The molecule has 0 amide bonds. The van der Waals surface area contributed by atoms with E-state index in [4.69, 9.17) is 9.47 Å². The van der Waals surface area contributed by atoms with Gasteiger partial charge in [-0.15, -0.1) is 0 Å². The number of phenols is 1. The monoisotopic (exact) mass is 208 g/mol. The maximum Gasteiger partial charge on any atom is 0.209 e. The third-order valence-corrected chi connectivity index (χ3v) is 2.79. The number of hydrogen-bond donors (Lipinski definition) is 1. The van der Waals surface area contributed by atoms with Gasteiger partial charge in [0.15, 0.2) is 0 Å². The summed E-state index contributed by atoms with van der Waals surface area (Å²) in [6.07, 6.45) is -0.314. The van der Waals surface area contributed by atoms with Crippen molar-refractivity contribution in [2.24, 2.45) is 0 Å². The van der Waals surface area contributed by atoms with E-state index in [1.807, 2.05) is 26.8 Å². The summed E-state index contributed by atoms with van der Waals surface area (Å²) in [6, 6.07) is 5.31. The van der Waals surface area contributed by atoms with Gasteiger partial charge in [-0.3, -0.25) is 0 Å². The number of fused-ring (bicyclic) bond motifs is 1. The first-order valence-corrected chi connectivity index (χ1v) is 5.18. The van der Waals surface area contributed by atoms with Crippen molar-refractivity contribution in [3.05, 3.63) is 23.8 Å². The average Bonchev–Trinajstić information content (AvgIpc) is 2.40. The first kappa shape index (κ1) is 10.3. The lowest BCUT2D eigenvalue weighted by molar-refractivity contribution is -0.0983. The summed E-state index contributed by atoms with van der Waals surface area (Å²) in [6.45, 7) is 6.56. The van der Waals surface area contributed by atoms with Gasteiger partial charge in [0.2, 0.25) is 6.29 Å². The molecule has 1 unspecified atom stereocenters. The molecule has 1 aromatic rings. The lowest BCUT2D eigenvalue weighted by Gasteiger charge is -2.25. The van der Waals surface area contributed by atoms with E-state index in [2.05, 4.69) is 0 Å². The van der Waals surface area contributed by atoms with Crippen molar-refractivity contribution in [1.29, 1.82) is 0 Å². The van der Waals surface area contributed by atoms with Crippen LogP contribution in [0.3, 0.4) is 0 Å². The molecule has 0 aromatic heterocycles. The molecule has 0 radical (unpaired) electrons. The molecule has 1 aromatic carbocycles. The zero-order valence-electron chi connectivity index (χ0n) is 9.28. The third kappa shape index (κ3) is 1.47. The molecule has 2 rings (SSSR count). The number of phenolic OH excluding ortho intramolecular Hbond substituents is 1. The SMILES string of the molecule is CCOC1Oc2cccc(O)c2C1(C)C. The van der Waals surface area contributed by atoms with Gasteiger partial charge < -0.3 is 14.6 Å². The molecule has 0 saturated heterocycles. The maximum atomic E-state index is 9.82. The number of rotatable bonds is 2. The van der Waals surface area contributed by atoms with Crippen LogP contribution < -0.4 is 4.74 Å². The Morgan fingerprint density at radius 2 is 2.20 bits per heavy atom. The fourth-order valence-corrected chi connectivity index (χ4v) is 2.04. The zero-order chi connectivity index (χ0) is 11.1. The Balaban J connectivity index is 2.44. The van der Waals surface area contributed by atoms with Crippen LogP contribution in [0.4, 0.5) is 0 Å². The van der Waals surface area contributed by atoms with Crippen molar-refractivity contribution in [1.82, 2.24) is 0 Å². The zero-order valence-corrected chi connectivity index (χ0v) is 9.28. The highest BCUT2D eigenvalue weighted by molar-refractivity contribution is 5.51. The Bertz CT molecular complexity index is 371. The molecule has 82 valence electrons. The van der Waals surface area contributed by atoms with Gasteiger partial charge >= 0.3 is 0 Å². The molecule has 0 fully saturated rings. The van der Waals surface area contributed by atoms with E-state index < -0.39 is 0 Å². The molecule has 0 aliphatic carbocycles. The van der Waals surface area contributed by atoms with Crippen LogP contribution in [0, 0.1) is 0 Å². The van der Waals surface area contributed by atoms with Crippen molar-refractivity contribution < 1.29 is 14.6 Å². The normalized spacial score (nSPS) is 22.2. The number of benzene rings is 1. The largest absolute Gasteiger partial charge is 0.508 e. The molecule has 0 spiro atoms. The van der Waals surface area contributed by atoms with Gasteiger partial charge in [0, 0.05) is 12.2 Å².